The van der Waals surface area contributed by atoms with Crippen LogP contribution in [0.2, 0.25) is 5.02 Å². The number of carbonyl (C=O) groups is 1. The van der Waals surface area contributed by atoms with Crippen LogP contribution in [-0.4, -0.2) is 23.0 Å². The monoisotopic (exact) mass is 370 g/mol. The van der Waals surface area contributed by atoms with Crippen molar-refractivity contribution in [3.63, 3.8) is 0 Å². The van der Waals surface area contributed by atoms with Crippen LogP contribution in [0.1, 0.15) is 16.2 Å². The van der Waals surface area contributed by atoms with Gasteiger partial charge in [0.25, 0.3) is 0 Å². The molecule has 3 rings (SSSR count). The Balaban J connectivity index is 2.02. The summed E-state index contributed by atoms with van der Waals surface area (Å²) in [7, 11) is 1.40. The number of hydrogen-bond acceptors (Lipinski definition) is 4. The zero-order valence-corrected chi connectivity index (χ0v) is 13.5. The summed E-state index contributed by atoms with van der Waals surface area (Å²) >= 11 is 5.62. The van der Waals surface area contributed by atoms with Crippen molar-refractivity contribution in [3.05, 3.63) is 58.1 Å². The van der Waals surface area contributed by atoms with Crippen LogP contribution in [-0.2, 0) is 11.3 Å². The van der Waals surface area contributed by atoms with Crippen LogP contribution in [0.15, 0.2) is 24.3 Å². The molecule has 1 heterocycles. The Morgan fingerprint density at radius 2 is 2.00 bits per heavy atom. The highest BCUT2D eigenvalue weighted by atomic mass is 35.5. The van der Waals surface area contributed by atoms with Gasteiger partial charge in [0, 0.05) is 13.2 Å². The molecule has 0 aliphatic rings. The van der Waals surface area contributed by atoms with Crippen molar-refractivity contribution in [2.24, 2.45) is 0 Å². The molecule has 0 spiro atoms. The fourth-order valence-electron chi connectivity index (χ4n) is 2.22. The van der Waals surface area contributed by atoms with E-state index in [-0.39, 0.29) is 39.8 Å². The van der Waals surface area contributed by atoms with E-state index in [0.717, 1.165) is 12.1 Å². The third-order valence-corrected chi connectivity index (χ3v) is 3.60. The summed E-state index contributed by atoms with van der Waals surface area (Å²) in [6.45, 7) is 0.0117. The van der Waals surface area contributed by atoms with Crippen molar-refractivity contribution < 1.29 is 27.4 Å². The maximum absolute atomic E-state index is 13.9. The first-order chi connectivity index (χ1) is 11.9. The number of fused-ring (bicyclic) bond motifs is 1. The average molecular weight is 371 g/mol. The Labute approximate surface area is 144 Å². The fraction of sp³-hybridized carbons (Fsp3) is 0.125. The van der Waals surface area contributed by atoms with E-state index in [2.05, 4.69) is 9.97 Å². The van der Waals surface area contributed by atoms with E-state index >= 15 is 0 Å². The molecule has 1 N–H and O–H groups in total. The van der Waals surface area contributed by atoms with E-state index < -0.39 is 23.4 Å². The molecule has 25 heavy (non-hydrogen) atoms. The second-order valence-corrected chi connectivity index (χ2v) is 5.43. The molecule has 5 nitrogen and oxygen atoms in total. The first-order valence-corrected chi connectivity index (χ1v) is 7.31. The molecule has 0 saturated carbocycles. The number of H-pyrrole nitrogens is 1. The standard InChI is InChI=1S/C16H10ClF3N2O3/c1-24-6-12-21-14-8(5-11(19)13(20)15(14)22-12)16(23)25-7-2-3-10(18)9(17)4-7/h2-5H,6H2,1H3,(H,21,22). The number of imidazole rings is 1. The van der Waals surface area contributed by atoms with E-state index in [4.69, 9.17) is 21.1 Å². The Kier molecular flexibility index (Phi) is 4.65. The van der Waals surface area contributed by atoms with Crippen molar-refractivity contribution >= 4 is 28.6 Å². The number of aromatic nitrogens is 2. The van der Waals surface area contributed by atoms with Crippen LogP contribution in [0.4, 0.5) is 13.2 Å². The van der Waals surface area contributed by atoms with Gasteiger partial charge in [0.05, 0.1) is 16.1 Å². The van der Waals surface area contributed by atoms with E-state index in [9.17, 15) is 18.0 Å². The normalized spacial score (nSPS) is 11.1. The molecule has 0 aliphatic carbocycles. The lowest BCUT2D eigenvalue weighted by molar-refractivity contribution is 0.0736. The molecule has 0 atom stereocenters. The molecule has 0 radical (unpaired) electrons. The minimum Gasteiger partial charge on any atom is -0.423 e. The lowest BCUT2D eigenvalue weighted by Crippen LogP contribution is -2.10. The van der Waals surface area contributed by atoms with Crippen LogP contribution in [0.25, 0.3) is 11.0 Å². The summed E-state index contributed by atoms with van der Waals surface area (Å²) in [5.74, 6) is -3.97. The number of ether oxygens (including phenoxy) is 2. The van der Waals surface area contributed by atoms with E-state index in [0.29, 0.717) is 6.07 Å². The van der Waals surface area contributed by atoms with Gasteiger partial charge in [-0.15, -0.1) is 0 Å². The van der Waals surface area contributed by atoms with Gasteiger partial charge in [-0.3, -0.25) is 0 Å². The molecule has 0 amide bonds. The Morgan fingerprint density at radius 1 is 1.24 bits per heavy atom. The Morgan fingerprint density at radius 3 is 2.68 bits per heavy atom. The Bertz CT molecular complexity index is 975. The second kappa shape index (κ2) is 6.73. The zero-order chi connectivity index (χ0) is 18.1. The van der Waals surface area contributed by atoms with Crippen LogP contribution >= 0.6 is 11.6 Å². The van der Waals surface area contributed by atoms with Crippen molar-refractivity contribution in [3.8, 4) is 5.75 Å². The van der Waals surface area contributed by atoms with Gasteiger partial charge in [0.15, 0.2) is 11.6 Å². The molecule has 3 aromatic rings. The number of benzene rings is 2. The molecular formula is C16H10ClF3N2O3. The lowest BCUT2D eigenvalue weighted by Gasteiger charge is -2.06. The summed E-state index contributed by atoms with van der Waals surface area (Å²) in [4.78, 5) is 18.9. The summed E-state index contributed by atoms with van der Waals surface area (Å²) < 4.78 is 50.8. The van der Waals surface area contributed by atoms with E-state index in [1.807, 2.05) is 0 Å². The predicted octanol–water partition coefficient (Wildman–Crippen LogP) is 4.00. The minimum atomic E-state index is -1.26. The molecule has 0 aliphatic heterocycles. The highest BCUT2D eigenvalue weighted by Crippen LogP contribution is 2.26. The molecule has 0 fully saturated rings. The number of nitrogens with one attached hydrogen (secondary N) is 1. The van der Waals surface area contributed by atoms with Gasteiger partial charge in [0.2, 0.25) is 0 Å². The molecule has 1 aromatic heterocycles. The molecular weight excluding hydrogens is 361 g/mol. The van der Waals surface area contributed by atoms with Crippen LogP contribution in [0, 0.1) is 17.5 Å². The maximum atomic E-state index is 13.9. The minimum absolute atomic E-state index is 0.0117. The average Bonchev–Trinajstić information content (AvgIpc) is 2.98. The predicted molar refractivity (Wildman–Crippen MR) is 83.1 cm³/mol. The van der Waals surface area contributed by atoms with Gasteiger partial charge in [-0.05, 0) is 18.2 Å². The maximum Gasteiger partial charge on any atom is 0.345 e. The third kappa shape index (κ3) is 3.31. The number of aromatic amines is 1. The SMILES string of the molecule is COCc1nc2c(F)c(F)cc(C(=O)Oc3ccc(F)c(Cl)c3)c2[nH]1. The third-order valence-electron chi connectivity index (χ3n) is 3.31. The first-order valence-electron chi connectivity index (χ1n) is 6.93. The Hall–Kier alpha value is -2.58. The van der Waals surface area contributed by atoms with Gasteiger partial charge < -0.3 is 14.5 Å². The summed E-state index contributed by atoms with van der Waals surface area (Å²) in [6.07, 6.45) is 0. The number of nitrogens with zero attached hydrogens (tertiary/aromatic N) is 1. The van der Waals surface area contributed by atoms with Crippen molar-refractivity contribution in [1.29, 1.82) is 0 Å². The molecule has 130 valence electrons. The lowest BCUT2D eigenvalue weighted by atomic mass is 10.1. The highest BCUT2D eigenvalue weighted by Gasteiger charge is 2.22. The number of methoxy groups -OCH3 is 1. The number of esters is 1. The van der Waals surface area contributed by atoms with Crippen LogP contribution in [0.5, 0.6) is 5.75 Å². The van der Waals surface area contributed by atoms with Gasteiger partial charge in [0.1, 0.15) is 29.5 Å². The summed E-state index contributed by atoms with van der Waals surface area (Å²) in [5.41, 5.74) is -0.663. The molecule has 2 aromatic carbocycles. The number of hydrogen-bond donors (Lipinski definition) is 1. The highest BCUT2D eigenvalue weighted by molar-refractivity contribution is 6.30. The number of halogens is 4. The van der Waals surface area contributed by atoms with Crippen molar-refractivity contribution in [1.82, 2.24) is 9.97 Å². The largest absolute Gasteiger partial charge is 0.423 e. The molecule has 0 saturated heterocycles. The molecule has 0 unspecified atom stereocenters. The molecule has 0 bridgehead atoms. The van der Waals surface area contributed by atoms with Crippen molar-refractivity contribution in [2.45, 2.75) is 6.61 Å². The summed E-state index contributed by atoms with van der Waals surface area (Å²) in [6, 6.07) is 3.98. The van der Waals surface area contributed by atoms with Crippen LogP contribution in [0.3, 0.4) is 0 Å². The fourth-order valence-corrected chi connectivity index (χ4v) is 2.39. The second-order valence-electron chi connectivity index (χ2n) is 5.03. The summed E-state index contributed by atoms with van der Waals surface area (Å²) in [5, 5.41) is -0.246. The zero-order valence-electron chi connectivity index (χ0n) is 12.7. The van der Waals surface area contributed by atoms with E-state index in [1.54, 1.807) is 0 Å². The number of rotatable bonds is 4. The topological polar surface area (TPSA) is 64.2 Å². The van der Waals surface area contributed by atoms with E-state index in [1.165, 1.54) is 13.2 Å². The van der Waals surface area contributed by atoms with Gasteiger partial charge in [-0.2, -0.15) is 0 Å². The van der Waals surface area contributed by atoms with Crippen molar-refractivity contribution in [2.75, 3.05) is 7.11 Å². The first kappa shape index (κ1) is 17.2. The smallest absolute Gasteiger partial charge is 0.345 e. The quantitative estimate of drug-likeness (QED) is 0.557. The number of carbonyl (C=O) groups excluding carboxylic acids is 1. The van der Waals surface area contributed by atoms with Gasteiger partial charge in [-0.25, -0.2) is 22.9 Å². The van der Waals surface area contributed by atoms with Crippen LogP contribution < -0.4 is 4.74 Å². The molecule has 9 heteroatoms. The van der Waals surface area contributed by atoms with Gasteiger partial charge in [-0.1, -0.05) is 11.6 Å². The van der Waals surface area contributed by atoms with Gasteiger partial charge >= 0.3 is 5.97 Å².